The SMILES string of the molecule is CCOc1ccc(N)cc1C(=O)OC(C)COC. The number of nitrogens with two attached hydrogens (primary N) is 1. The Morgan fingerprint density at radius 1 is 1.44 bits per heavy atom. The number of esters is 1. The second kappa shape index (κ2) is 6.86. The summed E-state index contributed by atoms with van der Waals surface area (Å²) in [5.41, 5.74) is 6.49. The zero-order chi connectivity index (χ0) is 13.5. The van der Waals surface area contributed by atoms with E-state index in [4.69, 9.17) is 19.9 Å². The Morgan fingerprint density at radius 3 is 2.78 bits per heavy atom. The van der Waals surface area contributed by atoms with Gasteiger partial charge in [0, 0.05) is 12.8 Å². The minimum Gasteiger partial charge on any atom is -0.493 e. The summed E-state index contributed by atoms with van der Waals surface area (Å²) in [6.45, 7) is 4.42. The maximum absolute atomic E-state index is 12.0. The molecule has 0 fully saturated rings. The van der Waals surface area contributed by atoms with Crippen molar-refractivity contribution in [2.75, 3.05) is 26.1 Å². The number of methoxy groups -OCH3 is 1. The van der Waals surface area contributed by atoms with Gasteiger partial charge in [-0.3, -0.25) is 0 Å². The maximum Gasteiger partial charge on any atom is 0.342 e. The molecule has 0 spiro atoms. The molecule has 0 aromatic heterocycles. The van der Waals surface area contributed by atoms with Crippen molar-refractivity contribution in [1.82, 2.24) is 0 Å². The highest BCUT2D eigenvalue weighted by atomic mass is 16.6. The second-order valence-electron chi connectivity index (χ2n) is 3.86. The summed E-state index contributed by atoms with van der Waals surface area (Å²) >= 11 is 0. The number of benzene rings is 1. The van der Waals surface area contributed by atoms with Crippen LogP contribution < -0.4 is 10.5 Å². The molecule has 2 N–H and O–H groups in total. The van der Waals surface area contributed by atoms with E-state index in [0.29, 0.717) is 30.2 Å². The van der Waals surface area contributed by atoms with Gasteiger partial charge in [-0.15, -0.1) is 0 Å². The number of carbonyl (C=O) groups is 1. The fourth-order valence-corrected chi connectivity index (χ4v) is 1.50. The number of hydrogen-bond donors (Lipinski definition) is 1. The zero-order valence-corrected chi connectivity index (χ0v) is 10.9. The van der Waals surface area contributed by atoms with Crippen LogP contribution in [0.2, 0.25) is 0 Å². The molecule has 1 aromatic rings. The fourth-order valence-electron chi connectivity index (χ4n) is 1.50. The molecule has 5 heteroatoms. The van der Waals surface area contributed by atoms with Gasteiger partial charge in [-0.25, -0.2) is 4.79 Å². The normalized spacial score (nSPS) is 11.9. The molecule has 1 atom stereocenters. The quantitative estimate of drug-likeness (QED) is 0.619. The van der Waals surface area contributed by atoms with Crippen molar-refractivity contribution in [3.63, 3.8) is 0 Å². The van der Waals surface area contributed by atoms with Gasteiger partial charge in [0.05, 0.1) is 13.2 Å². The van der Waals surface area contributed by atoms with Crippen LogP contribution in [0, 0.1) is 0 Å². The monoisotopic (exact) mass is 253 g/mol. The third-order valence-electron chi connectivity index (χ3n) is 2.23. The van der Waals surface area contributed by atoms with E-state index in [1.165, 1.54) is 0 Å². The summed E-state index contributed by atoms with van der Waals surface area (Å²) in [6, 6.07) is 4.89. The smallest absolute Gasteiger partial charge is 0.342 e. The largest absolute Gasteiger partial charge is 0.493 e. The molecule has 0 aliphatic rings. The maximum atomic E-state index is 12.0. The minimum atomic E-state index is -0.463. The Bertz CT molecular complexity index is 406. The summed E-state index contributed by atoms with van der Waals surface area (Å²) in [4.78, 5) is 12.0. The summed E-state index contributed by atoms with van der Waals surface area (Å²) in [7, 11) is 1.55. The minimum absolute atomic E-state index is 0.321. The van der Waals surface area contributed by atoms with E-state index in [1.54, 1.807) is 32.2 Å². The first-order valence-corrected chi connectivity index (χ1v) is 5.80. The molecule has 1 rings (SSSR count). The van der Waals surface area contributed by atoms with Crippen LogP contribution in [0.4, 0.5) is 5.69 Å². The van der Waals surface area contributed by atoms with E-state index in [9.17, 15) is 4.79 Å². The van der Waals surface area contributed by atoms with Crippen molar-refractivity contribution in [3.05, 3.63) is 23.8 Å². The number of ether oxygens (including phenoxy) is 3. The van der Waals surface area contributed by atoms with Gasteiger partial charge in [-0.05, 0) is 32.0 Å². The van der Waals surface area contributed by atoms with E-state index in [2.05, 4.69) is 0 Å². The van der Waals surface area contributed by atoms with Crippen LogP contribution in [0.15, 0.2) is 18.2 Å². The van der Waals surface area contributed by atoms with Crippen molar-refractivity contribution in [2.45, 2.75) is 20.0 Å². The Labute approximate surface area is 107 Å². The molecule has 100 valence electrons. The van der Waals surface area contributed by atoms with E-state index in [0.717, 1.165) is 0 Å². The molecule has 0 radical (unpaired) electrons. The molecule has 0 heterocycles. The van der Waals surface area contributed by atoms with Gasteiger partial charge < -0.3 is 19.9 Å². The highest BCUT2D eigenvalue weighted by molar-refractivity contribution is 5.93. The number of hydrogen-bond acceptors (Lipinski definition) is 5. The van der Waals surface area contributed by atoms with E-state index in [1.807, 2.05) is 6.92 Å². The van der Waals surface area contributed by atoms with Crippen molar-refractivity contribution in [2.24, 2.45) is 0 Å². The molecule has 0 saturated carbocycles. The average molecular weight is 253 g/mol. The van der Waals surface area contributed by atoms with E-state index in [-0.39, 0.29) is 6.10 Å². The molecule has 18 heavy (non-hydrogen) atoms. The van der Waals surface area contributed by atoms with E-state index < -0.39 is 5.97 Å². The van der Waals surface area contributed by atoms with Crippen molar-refractivity contribution in [1.29, 1.82) is 0 Å². The van der Waals surface area contributed by atoms with Crippen LogP contribution >= 0.6 is 0 Å². The second-order valence-corrected chi connectivity index (χ2v) is 3.86. The molecular formula is C13H19NO4. The lowest BCUT2D eigenvalue weighted by Gasteiger charge is -2.14. The van der Waals surface area contributed by atoms with Crippen LogP contribution in [-0.4, -0.2) is 32.4 Å². The Morgan fingerprint density at radius 2 is 2.17 bits per heavy atom. The molecule has 1 unspecified atom stereocenters. The summed E-state index contributed by atoms with van der Waals surface area (Å²) < 4.78 is 15.5. The van der Waals surface area contributed by atoms with Gasteiger partial charge in [0.25, 0.3) is 0 Å². The number of nitrogen functional groups attached to an aromatic ring is 1. The molecule has 0 amide bonds. The lowest BCUT2D eigenvalue weighted by Crippen LogP contribution is -2.20. The van der Waals surface area contributed by atoms with Crippen LogP contribution in [0.3, 0.4) is 0 Å². The van der Waals surface area contributed by atoms with Gasteiger partial charge in [0.2, 0.25) is 0 Å². The lowest BCUT2D eigenvalue weighted by molar-refractivity contribution is 0.0117. The molecule has 1 aromatic carbocycles. The van der Waals surface area contributed by atoms with Gasteiger partial charge in [-0.1, -0.05) is 0 Å². The van der Waals surface area contributed by atoms with Gasteiger partial charge in [-0.2, -0.15) is 0 Å². The van der Waals surface area contributed by atoms with Crippen LogP contribution in [0.25, 0.3) is 0 Å². The molecular weight excluding hydrogens is 234 g/mol. The number of rotatable bonds is 6. The van der Waals surface area contributed by atoms with Crippen LogP contribution in [0.5, 0.6) is 5.75 Å². The van der Waals surface area contributed by atoms with Crippen LogP contribution in [-0.2, 0) is 9.47 Å². The standard InChI is InChI=1S/C13H19NO4/c1-4-17-12-6-5-10(14)7-11(12)13(15)18-9(2)8-16-3/h5-7,9H,4,8,14H2,1-3H3. The third kappa shape index (κ3) is 3.92. The van der Waals surface area contributed by atoms with Gasteiger partial charge in [0.15, 0.2) is 0 Å². The number of carbonyl (C=O) groups excluding carboxylic acids is 1. The summed E-state index contributed by atoms with van der Waals surface area (Å²) in [5, 5.41) is 0. The predicted octanol–water partition coefficient (Wildman–Crippen LogP) is 1.86. The van der Waals surface area contributed by atoms with E-state index >= 15 is 0 Å². The number of anilines is 1. The first kappa shape index (κ1) is 14.3. The third-order valence-corrected chi connectivity index (χ3v) is 2.23. The Balaban J connectivity index is 2.85. The van der Waals surface area contributed by atoms with Crippen molar-refractivity contribution in [3.8, 4) is 5.75 Å². The topological polar surface area (TPSA) is 70.8 Å². The Hall–Kier alpha value is -1.75. The van der Waals surface area contributed by atoms with Crippen molar-refractivity contribution >= 4 is 11.7 Å². The molecule has 0 aliphatic heterocycles. The Kier molecular flexibility index (Phi) is 5.45. The molecule has 0 bridgehead atoms. The summed E-state index contributed by atoms with van der Waals surface area (Å²) in [5.74, 6) is 0.0108. The molecule has 0 aliphatic carbocycles. The zero-order valence-electron chi connectivity index (χ0n) is 10.9. The predicted molar refractivity (Wildman–Crippen MR) is 68.8 cm³/mol. The summed E-state index contributed by atoms with van der Waals surface area (Å²) in [6.07, 6.45) is -0.321. The first-order valence-electron chi connectivity index (χ1n) is 5.80. The van der Waals surface area contributed by atoms with Gasteiger partial charge in [0.1, 0.15) is 17.4 Å². The average Bonchev–Trinajstić information content (AvgIpc) is 2.32. The highest BCUT2D eigenvalue weighted by Gasteiger charge is 2.17. The highest BCUT2D eigenvalue weighted by Crippen LogP contribution is 2.22. The lowest BCUT2D eigenvalue weighted by atomic mass is 10.2. The van der Waals surface area contributed by atoms with Crippen molar-refractivity contribution < 1.29 is 19.0 Å². The van der Waals surface area contributed by atoms with Gasteiger partial charge >= 0.3 is 5.97 Å². The molecule has 0 saturated heterocycles. The molecule has 5 nitrogen and oxygen atoms in total. The first-order chi connectivity index (χ1) is 8.58. The fraction of sp³-hybridized carbons (Fsp3) is 0.462. The van der Waals surface area contributed by atoms with Crippen LogP contribution in [0.1, 0.15) is 24.2 Å².